The largest absolute Gasteiger partial charge is 0.350 e. The first-order chi connectivity index (χ1) is 16.6. The fraction of sp³-hybridized carbons (Fsp3) is 0.481. The molecule has 36 heavy (non-hydrogen) atoms. The Labute approximate surface area is 214 Å². The van der Waals surface area contributed by atoms with Gasteiger partial charge in [0.2, 0.25) is 21.8 Å². The van der Waals surface area contributed by atoms with Crippen LogP contribution in [0.15, 0.2) is 42.5 Å². The molecule has 0 unspecified atom stereocenters. The lowest BCUT2D eigenvalue weighted by Crippen LogP contribution is -2.52. The summed E-state index contributed by atoms with van der Waals surface area (Å²) in [6, 6.07) is 10.6. The summed E-state index contributed by atoms with van der Waals surface area (Å²) in [7, 11) is -3.56. The number of sulfonamides is 1. The van der Waals surface area contributed by atoms with Crippen molar-refractivity contribution in [2.24, 2.45) is 0 Å². The summed E-state index contributed by atoms with van der Waals surface area (Å²) in [5.74, 6) is -0.974. The van der Waals surface area contributed by atoms with Gasteiger partial charge in [-0.2, -0.15) is 0 Å². The number of carbonyl (C=O) groups is 2. The maximum atomic E-state index is 13.4. The first-order valence-corrected chi connectivity index (χ1v) is 13.8. The predicted octanol–water partition coefficient (Wildman–Crippen LogP) is 4.32. The van der Waals surface area contributed by atoms with Crippen molar-refractivity contribution in [2.75, 3.05) is 17.1 Å². The molecule has 1 N–H and O–H groups in total. The molecule has 2 amide bonds. The number of nitrogens with one attached hydrogen (secondary N) is 1. The molecule has 2 aromatic carbocycles. The van der Waals surface area contributed by atoms with E-state index in [0.29, 0.717) is 11.3 Å². The average Bonchev–Trinajstić information content (AvgIpc) is 2.72. The highest BCUT2D eigenvalue weighted by atomic mass is 32.2. The molecule has 0 fully saturated rings. The molecule has 1 atom stereocenters. The van der Waals surface area contributed by atoms with Crippen molar-refractivity contribution in [1.82, 2.24) is 10.2 Å². The second kappa shape index (κ2) is 11.9. The van der Waals surface area contributed by atoms with Gasteiger partial charge in [0, 0.05) is 25.0 Å². The second-order valence-electron chi connectivity index (χ2n) is 10.3. The zero-order chi connectivity index (χ0) is 27.3. The molecule has 7 nitrogen and oxygen atoms in total. The van der Waals surface area contributed by atoms with Gasteiger partial charge >= 0.3 is 0 Å². The molecule has 0 aliphatic carbocycles. The van der Waals surface area contributed by atoms with Crippen LogP contribution in [0.25, 0.3) is 0 Å². The van der Waals surface area contributed by atoms with Crippen LogP contribution >= 0.6 is 0 Å². The van der Waals surface area contributed by atoms with Gasteiger partial charge in [0.05, 0.1) is 11.9 Å². The molecule has 198 valence electrons. The summed E-state index contributed by atoms with van der Waals surface area (Å²) >= 11 is 0. The van der Waals surface area contributed by atoms with E-state index in [-0.39, 0.29) is 43.6 Å². The van der Waals surface area contributed by atoms with Crippen LogP contribution < -0.4 is 9.62 Å². The zero-order valence-electron chi connectivity index (χ0n) is 22.3. The van der Waals surface area contributed by atoms with Crippen molar-refractivity contribution >= 4 is 27.5 Å². The van der Waals surface area contributed by atoms with E-state index in [2.05, 4.69) is 5.32 Å². The zero-order valence-corrected chi connectivity index (χ0v) is 23.1. The molecule has 0 heterocycles. The Balaban J connectivity index is 2.21. The van der Waals surface area contributed by atoms with E-state index in [1.54, 1.807) is 31.2 Å². The fourth-order valence-corrected chi connectivity index (χ4v) is 4.89. The number of rotatable bonds is 10. The molecular formula is C27H38FN3O4S. The summed E-state index contributed by atoms with van der Waals surface area (Å²) in [5.41, 5.74) is 2.66. The number of amides is 2. The van der Waals surface area contributed by atoms with E-state index in [4.69, 9.17) is 0 Å². The number of anilines is 1. The molecule has 0 bridgehead atoms. The van der Waals surface area contributed by atoms with Gasteiger partial charge < -0.3 is 10.2 Å². The van der Waals surface area contributed by atoms with Gasteiger partial charge in [0.15, 0.2) is 0 Å². The smallest absolute Gasteiger partial charge is 0.242 e. The van der Waals surface area contributed by atoms with Crippen LogP contribution in [0.2, 0.25) is 0 Å². The molecule has 2 rings (SSSR count). The van der Waals surface area contributed by atoms with Crippen molar-refractivity contribution in [3.63, 3.8) is 0 Å². The number of benzene rings is 2. The Morgan fingerprint density at radius 3 is 2.08 bits per heavy atom. The molecule has 2 aromatic rings. The SMILES string of the molecule is Cc1cc(C)cc(N(CCCC(=O)N(Cc2ccc(F)cc2)[C@H](C)C(=O)NC(C)(C)C)S(C)(=O)=O)c1. The second-order valence-corrected chi connectivity index (χ2v) is 12.3. The summed E-state index contributed by atoms with van der Waals surface area (Å²) < 4.78 is 39.7. The third-order valence-electron chi connectivity index (χ3n) is 5.58. The molecule has 0 aliphatic rings. The maximum Gasteiger partial charge on any atom is 0.242 e. The lowest BCUT2D eigenvalue weighted by Gasteiger charge is -2.32. The van der Waals surface area contributed by atoms with Gasteiger partial charge in [0.25, 0.3) is 0 Å². The molecule has 0 saturated carbocycles. The monoisotopic (exact) mass is 519 g/mol. The maximum absolute atomic E-state index is 13.4. The van der Waals surface area contributed by atoms with Gasteiger partial charge in [-0.15, -0.1) is 0 Å². The van der Waals surface area contributed by atoms with Gasteiger partial charge in [-0.05, 0) is 88.9 Å². The Morgan fingerprint density at radius 2 is 1.58 bits per heavy atom. The molecular weight excluding hydrogens is 481 g/mol. The van der Waals surface area contributed by atoms with Crippen LogP contribution in [-0.4, -0.2) is 49.5 Å². The highest BCUT2D eigenvalue weighted by Crippen LogP contribution is 2.22. The number of aryl methyl sites for hydroxylation is 2. The Hall–Kier alpha value is -2.94. The first-order valence-electron chi connectivity index (χ1n) is 12.0. The Bertz CT molecular complexity index is 1150. The van der Waals surface area contributed by atoms with Crippen molar-refractivity contribution in [3.05, 3.63) is 65.0 Å². The van der Waals surface area contributed by atoms with E-state index < -0.39 is 21.6 Å². The molecule has 0 saturated heterocycles. The molecule has 0 aliphatic heterocycles. The topological polar surface area (TPSA) is 86.8 Å². The Morgan fingerprint density at radius 1 is 1.03 bits per heavy atom. The molecule has 0 aromatic heterocycles. The van der Waals surface area contributed by atoms with Gasteiger partial charge in [-0.3, -0.25) is 13.9 Å². The lowest BCUT2D eigenvalue weighted by molar-refractivity contribution is -0.141. The third kappa shape index (κ3) is 8.93. The summed E-state index contributed by atoms with van der Waals surface area (Å²) in [6.07, 6.45) is 1.46. The van der Waals surface area contributed by atoms with Crippen molar-refractivity contribution in [2.45, 2.75) is 72.5 Å². The standard InChI is InChI=1S/C27H38FN3O4S/c1-19-15-20(2)17-24(16-19)31(36(7,34)35)14-8-9-25(32)30(18-22-10-12-23(28)13-11-22)21(3)26(33)29-27(4,5)6/h10-13,15-17,21H,8-9,14,18H2,1-7H3,(H,29,33)/t21-/m1/s1. The van der Waals surface area contributed by atoms with E-state index in [9.17, 15) is 22.4 Å². The van der Waals surface area contributed by atoms with E-state index >= 15 is 0 Å². The van der Waals surface area contributed by atoms with Crippen LogP contribution in [0.4, 0.5) is 10.1 Å². The predicted molar refractivity (Wildman–Crippen MR) is 142 cm³/mol. The summed E-state index contributed by atoms with van der Waals surface area (Å²) in [6.45, 7) is 11.3. The first kappa shape index (κ1) is 29.3. The number of hydrogen-bond acceptors (Lipinski definition) is 4. The third-order valence-corrected chi connectivity index (χ3v) is 6.77. The average molecular weight is 520 g/mol. The summed E-state index contributed by atoms with van der Waals surface area (Å²) in [4.78, 5) is 27.6. The molecule has 0 spiro atoms. The quantitative estimate of drug-likeness (QED) is 0.507. The lowest BCUT2D eigenvalue weighted by atomic mass is 10.1. The van der Waals surface area contributed by atoms with E-state index in [1.807, 2.05) is 40.7 Å². The molecule has 9 heteroatoms. The van der Waals surface area contributed by atoms with Crippen molar-refractivity contribution in [1.29, 1.82) is 0 Å². The van der Waals surface area contributed by atoms with Crippen LogP contribution in [0.1, 0.15) is 57.2 Å². The number of hydrogen-bond donors (Lipinski definition) is 1. The van der Waals surface area contributed by atoms with Gasteiger partial charge in [-0.25, -0.2) is 12.8 Å². The van der Waals surface area contributed by atoms with Crippen LogP contribution in [0.3, 0.4) is 0 Å². The van der Waals surface area contributed by atoms with Crippen molar-refractivity contribution < 1.29 is 22.4 Å². The highest BCUT2D eigenvalue weighted by Gasteiger charge is 2.28. The van der Waals surface area contributed by atoms with E-state index in [1.165, 1.54) is 21.3 Å². The minimum atomic E-state index is -3.56. The van der Waals surface area contributed by atoms with Crippen LogP contribution in [0.5, 0.6) is 0 Å². The van der Waals surface area contributed by atoms with Crippen molar-refractivity contribution in [3.8, 4) is 0 Å². The highest BCUT2D eigenvalue weighted by molar-refractivity contribution is 7.92. The number of carbonyl (C=O) groups excluding carboxylic acids is 2. The minimum Gasteiger partial charge on any atom is -0.350 e. The molecule has 0 radical (unpaired) electrons. The van der Waals surface area contributed by atoms with Gasteiger partial charge in [-0.1, -0.05) is 18.2 Å². The fourth-order valence-electron chi connectivity index (χ4n) is 3.94. The Kier molecular flexibility index (Phi) is 9.65. The van der Waals surface area contributed by atoms with Crippen LogP contribution in [-0.2, 0) is 26.2 Å². The summed E-state index contributed by atoms with van der Waals surface area (Å²) in [5, 5.41) is 2.90. The number of nitrogens with zero attached hydrogens (tertiary/aromatic N) is 2. The number of halogens is 1. The van der Waals surface area contributed by atoms with E-state index in [0.717, 1.165) is 17.4 Å². The normalized spacial score (nSPS) is 12.7. The van der Waals surface area contributed by atoms with Gasteiger partial charge in [0.1, 0.15) is 11.9 Å². The van der Waals surface area contributed by atoms with Crippen LogP contribution in [0, 0.1) is 19.7 Å². The minimum absolute atomic E-state index is 0.0468.